The van der Waals surface area contributed by atoms with Gasteiger partial charge in [0.2, 0.25) is 0 Å². The van der Waals surface area contributed by atoms with Crippen molar-refractivity contribution >= 4 is 18.3 Å². The van der Waals surface area contributed by atoms with Crippen molar-refractivity contribution in [2.45, 2.75) is 76.5 Å². The standard InChI is InChI=1S/C34H40O11/c1-5-19-40-34(37)45-28(18-17-24(3)43-33(36)39-6-2)32-31(42-23-26-15-11-8-12-16-26)29(20-27(44-32)21-30(35)38-4)41-22-25-13-9-7-10-14-25/h5,7-16,24,27-29,31-32H,1,6,19-23H2,2-4H3/t24-,27+,28?,29+,31-,32+/m1/s1. The lowest BCUT2D eigenvalue weighted by atomic mass is 9.92. The molecular weight excluding hydrogens is 584 g/mol. The van der Waals surface area contributed by atoms with E-state index in [9.17, 15) is 14.4 Å². The highest BCUT2D eigenvalue weighted by atomic mass is 16.7. The fraction of sp³-hybridized carbons (Fsp3) is 0.441. The maximum Gasteiger partial charge on any atom is 0.509 e. The zero-order chi connectivity index (χ0) is 32.4. The van der Waals surface area contributed by atoms with Gasteiger partial charge in [-0.2, -0.15) is 0 Å². The Kier molecular flexibility index (Phi) is 14.9. The van der Waals surface area contributed by atoms with E-state index < -0.39 is 54.9 Å². The summed E-state index contributed by atoms with van der Waals surface area (Å²) in [5, 5.41) is 0. The summed E-state index contributed by atoms with van der Waals surface area (Å²) in [6.07, 6.45) is -5.76. The van der Waals surface area contributed by atoms with Gasteiger partial charge in [-0.05, 0) is 25.0 Å². The Labute approximate surface area is 263 Å². The molecule has 0 aromatic heterocycles. The lowest BCUT2D eigenvalue weighted by Crippen LogP contribution is -2.56. The van der Waals surface area contributed by atoms with E-state index in [1.165, 1.54) is 20.1 Å². The van der Waals surface area contributed by atoms with Crippen LogP contribution < -0.4 is 0 Å². The highest BCUT2D eigenvalue weighted by Crippen LogP contribution is 2.31. The summed E-state index contributed by atoms with van der Waals surface area (Å²) >= 11 is 0. The molecule has 6 atom stereocenters. The molecule has 0 aliphatic carbocycles. The van der Waals surface area contributed by atoms with E-state index in [0.29, 0.717) is 0 Å². The zero-order valence-electron chi connectivity index (χ0n) is 25.8. The Bertz CT molecular complexity index is 1270. The van der Waals surface area contributed by atoms with Crippen molar-refractivity contribution < 1.29 is 52.3 Å². The molecule has 1 aliphatic rings. The largest absolute Gasteiger partial charge is 0.509 e. The molecule has 1 unspecified atom stereocenters. The van der Waals surface area contributed by atoms with Gasteiger partial charge in [-0.3, -0.25) is 4.79 Å². The molecule has 1 heterocycles. The van der Waals surface area contributed by atoms with E-state index in [4.69, 9.17) is 37.9 Å². The van der Waals surface area contributed by atoms with Crippen LogP contribution in [0.5, 0.6) is 0 Å². The highest BCUT2D eigenvalue weighted by Gasteiger charge is 2.46. The average molecular weight is 625 g/mol. The number of hydrogen-bond acceptors (Lipinski definition) is 11. The molecule has 11 nitrogen and oxygen atoms in total. The van der Waals surface area contributed by atoms with Crippen LogP contribution in [0.3, 0.4) is 0 Å². The molecule has 2 aromatic carbocycles. The predicted octanol–water partition coefficient (Wildman–Crippen LogP) is 5.15. The fourth-order valence-electron chi connectivity index (χ4n) is 4.48. The normalized spacial score (nSPS) is 20.3. The average Bonchev–Trinajstić information content (AvgIpc) is 3.04. The molecule has 11 heteroatoms. The van der Waals surface area contributed by atoms with Gasteiger partial charge in [-0.25, -0.2) is 9.59 Å². The molecule has 242 valence electrons. The second-order valence-electron chi connectivity index (χ2n) is 9.95. The number of benzene rings is 2. The van der Waals surface area contributed by atoms with Crippen molar-refractivity contribution in [3.63, 3.8) is 0 Å². The second kappa shape index (κ2) is 19.1. The van der Waals surface area contributed by atoms with Crippen LogP contribution in [0, 0.1) is 11.8 Å². The summed E-state index contributed by atoms with van der Waals surface area (Å²) in [4.78, 5) is 36.8. The first-order valence-corrected chi connectivity index (χ1v) is 14.6. The van der Waals surface area contributed by atoms with Gasteiger partial charge in [-0.15, -0.1) is 0 Å². The van der Waals surface area contributed by atoms with E-state index in [1.807, 2.05) is 60.7 Å². The topological polar surface area (TPSA) is 125 Å². The first-order chi connectivity index (χ1) is 21.8. The first kappa shape index (κ1) is 35.1. The van der Waals surface area contributed by atoms with Crippen LogP contribution in [0.15, 0.2) is 73.3 Å². The lowest BCUT2D eigenvalue weighted by molar-refractivity contribution is -0.227. The number of hydrogen-bond donors (Lipinski definition) is 0. The van der Waals surface area contributed by atoms with E-state index in [0.717, 1.165) is 11.1 Å². The van der Waals surface area contributed by atoms with E-state index >= 15 is 0 Å². The van der Waals surface area contributed by atoms with Gasteiger partial charge < -0.3 is 37.9 Å². The Morgan fingerprint density at radius 2 is 1.56 bits per heavy atom. The smallest absolute Gasteiger partial charge is 0.469 e. The Morgan fingerprint density at radius 1 is 0.933 bits per heavy atom. The van der Waals surface area contributed by atoms with Crippen LogP contribution in [-0.2, 0) is 55.9 Å². The molecule has 0 saturated carbocycles. The third-order valence-corrected chi connectivity index (χ3v) is 6.55. The van der Waals surface area contributed by atoms with Crippen LogP contribution in [0.25, 0.3) is 0 Å². The molecule has 0 spiro atoms. The van der Waals surface area contributed by atoms with Crippen LogP contribution >= 0.6 is 0 Å². The molecule has 0 bridgehead atoms. The SMILES string of the molecule is C=CCOC(=O)OC(C#C[C@@H](C)OC(=O)OCC)[C@@H]1O[C@H](CC(=O)OC)C[C@H](OCc2ccccc2)[C@H]1OCc1ccccc1. The van der Waals surface area contributed by atoms with Gasteiger partial charge in [0.05, 0.1) is 45.6 Å². The molecule has 0 radical (unpaired) electrons. The van der Waals surface area contributed by atoms with Crippen molar-refractivity contribution in [3.05, 3.63) is 84.4 Å². The van der Waals surface area contributed by atoms with Gasteiger partial charge in [-0.1, -0.05) is 85.2 Å². The highest BCUT2D eigenvalue weighted by molar-refractivity contribution is 5.69. The fourth-order valence-corrected chi connectivity index (χ4v) is 4.48. The molecule has 0 amide bonds. The first-order valence-electron chi connectivity index (χ1n) is 14.6. The van der Waals surface area contributed by atoms with Crippen LogP contribution in [-0.4, -0.2) is 75.2 Å². The molecular formula is C34H40O11. The molecule has 45 heavy (non-hydrogen) atoms. The van der Waals surface area contributed by atoms with Crippen LogP contribution in [0.2, 0.25) is 0 Å². The molecule has 0 N–H and O–H groups in total. The zero-order valence-corrected chi connectivity index (χ0v) is 25.8. The maximum absolute atomic E-state index is 12.7. The summed E-state index contributed by atoms with van der Waals surface area (Å²) < 4.78 is 44.8. The number of ether oxygens (including phenoxy) is 8. The minimum Gasteiger partial charge on any atom is -0.469 e. The Morgan fingerprint density at radius 3 is 2.16 bits per heavy atom. The van der Waals surface area contributed by atoms with E-state index in [2.05, 4.69) is 18.4 Å². The Hall–Kier alpha value is -4.37. The minimum absolute atomic E-state index is 0.0902. The summed E-state index contributed by atoms with van der Waals surface area (Å²) in [7, 11) is 1.29. The van der Waals surface area contributed by atoms with Gasteiger partial charge in [0.25, 0.3) is 0 Å². The molecule has 3 rings (SSSR count). The van der Waals surface area contributed by atoms with Crippen molar-refractivity contribution in [1.82, 2.24) is 0 Å². The quantitative estimate of drug-likeness (QED) is 0.120. The molecule has 2 aromatic rings. The van der Waals surface area contributed by atoms with E-state index in [-0.39, 0.29) is 39.3 Å². The van der Waals surface area contributed by atoms with Crippen molar-refractivity contribution in [1.29, 1.82) is 0 Å². The summed E-state index contributed by atoms with van der Waals surface area (Å²) in [6, 6.07) is 19.1. The third-order valence-electron chi connectivity index (χ3n) is 6.55. The van der Waals surface area contributed by atoms with Crippen LogP contribution in [0.1, 0.15) is 37.8 Å². The van der Waals surface area contributed by atoms with Crippen molar-refractivity contribution in [2.24, 2.45) is 0 Å². The summed E-state index contributed by atoms with van der Waals surface area (Å²) in [6.45, 7) is 7.18. The number of esters is 1. The molecule has 1 fully saturated rings. The minimum atomic E-state index is -1.29. The predicted molar refractivity (Wildman–Crippen MR) is 162 cm³/mol. The third kappa shape index (κ3) is 12.3. The monoisotopic (exact) mass is 624 g/mol. The number of carbonyl (C=O) groups excluding carboxylic acids is 3. The van der Waals surface area contributed by atoms with E-state index in [1.54, 1.807) is 6.92 Å². The number of rotatable bonds is 14. The van der Waals surface area contributed by atoms with Crippen molar-refractivity contribution in [3.8, 4) is 11.8 Å². The van der Waals surface area contributed by atoms with Crippen molar-refractivity contribution in [2.75, 3.05) is 20.3 Å². The van der Waals surface area contributed by atoms with Gasteiger partial charge >= 0.3 is 18.3 Å². The van der Waals surface area contributed by atoms with Gasteiger partial charge in [0.15, 0.2) is 12.2 Å². The van der Waals surface area contributed by atoms with Gasteiger partial charge in [0.1, 0.15) is 18.8 Å². The van der Waals surface area contributed by atoms with Crippen LogP contribution in [0.4, 0.5) is 9.59 Å². The lowest BCUT2D eigenvalue weighted by Gasteiger charge is -2.42. The Balaban J connectivity index is 1.98. The summed E-state index contributed by atoms with van der Waals surface area (Å²) in [5.74, 6) is 5.13. The summed E-state index contributed by atoms with van der Waals surface area (Å²) in [5.41, 5.74) is 1.82. The van der Waals surface area contributed by atoms with Gasteiger partial charge in [0, 0.05) is 6.42 Å². The number of methoxy groups -OCH3 is 1. The molecule has 1 saturated heterocycles. The maximum atomic E-state index is 12.7. The second-order valence-corrected chi connectivity index (χ2v) is 9.95. The number of carbonyl (C=O) groups is 3. The molecule has 1 aliphatic heterocycles.